The highest BCUT2D eigenvalue weighted by Crippen LogP contribution is 2.22. The highest BCUT2D eigenvalue weighted by Gasteiger charge is 2.45. The summed E-state index contributed by atoms with van der Waals surface area (Å²) in [6.45, 7) is 2.09. The van der Waals surface area contributed by atoms with Crippen LogP contribution in [-0.2, 0) is 43.1 Å². The number of carbonyl (C=O) groups is 6. The average molecular weight is 606 g/mol. The second-order valence-corrected chi connectivity index (χ2v) is 10.5. The van der Waals surface area contributed by atoms with E-state index < -0.39 is 72.7 Å². The zero-order valence-electron chi connectivity index (χ0n) is 24.5. The summed E-state index contributed by atoms with van der Waals surface area (Å²) in [5, 5.41) is 38.3. The second kappa shape index (κ2) is 21.6. The molecule has 0 spiro atoms. The number of hydrogen-bond donors (Lipinski definition) is 5. The van der Waals surface area contributed by atoms with Gasteiger partial charge in [0.1, 0.15) is 0 Å². The van der Waals surface area contributed by atoms with Crippen molar-refractivity contribution in [1.82, 2.24) is 0 Å². The molecule has 0 aliphatic rings. The van der Waals surface area contributed by atoms with Crippen molar-refractivity contribution < 1.29 is 63.5 Å². The Morgan fingerprint density at radius 2 is 1.00 bits per heavy atom. The van der Waals surface area contributed by atoms with Crippen molar-refractivity contribution in [3.63, 3.8) is 0 Å². The van der Waals surface area contributed by atoms with Crippen LogP contribution in [0.3, 0.4) is 0 Å². The van der Waals surface area contributed by atoms with E-state index in [0.29, 0.717) is 6.42 Å². The number of hydrogen-bond acceptors (Lipinski definition) is 12. The van der Waals surface area contributed by atoms with Crippen molar-refractivity contribution in [3.05, 3.63) is 0 Å². The fraction of sp³-hybridized carbons (Fsp3) is 0.786. The van der Waals surface area contributed by atoms with Gasteiger partial charge in [-0.05, 0) is 6.42 Å². The fourth-order valence-electron chi connectivity index (χ4n) is 4.22. The topological polar surface area (TPSA) is 237 Å². The van der Waals surface area contributed by atoms with Crippen LogP contribution in [0, 0.1) is 0 Å². The molecular formula is C28H47NO13. The Labute approximate surface area is 245 Å². The molecule has 0 fully saturated rings. The van der Waals surface area contributed by atoms with E-state index in [0.717, 1.165) is 25.7 Å². The number of rotatable bonds is 25. The smallest absolute Gasteiger partial charge is 0.339 e. The molecule has 0 saturated carbocycles. The van der Waals surface area contributed by atoms with Gasteiger partial charge in [-0.3, -0.25) is 19.2 Å². The number of esters is 3. The number of carboxylic acids is 2. The average Bonchev–Trinajstić information content (AvgIpc) is 2.89. The zero-order chi connectivity index (χ0) is 32.0. The summed E-state index contributed by atoms with van der Waals surface area (Å²) in [5.41, 5.74) is -5.90. The molecule has 242 valence electrons. The van der Waals surface area contributed by atoms with Gasteiger partial charge in [0.2, 0.25) is 0 Å². The summed E-state index contributed by atoms with van der Waals surface area (Å²) in [6.07, 6.45) is 10.5. The van der Waals surface area contributed by atoms with Crippen molar-refractivity contribution in [2.75, 3.05) is 6.61 Å². The summed E-state index contributed by atoms with van der Waals surface area (Å²) in [4.78, 5) is 74.2. The largest absolute Gasteiger partial charge is 0.481 e. The predicted molar refractivity (Wildman–Crippen MR) is 146 cm³/mol. The van der Waals surface area contributed by atoms with Gasteiger partial charge in [0.25, 0.3) is 0 Å². The van der Waals surface area contributed by atoms with Gasteiger partial charge in [-0.2, -0.15) is 5.90 Å². The van der Waals surface area contributed by atoms with Crippen molar-refractivity contribution in [1.29, 1.82) is 0 Å². The number of unbranched alkanes of at least 4 members (excludes halogenated alkanes) is 13. The molecule has 0 radical (unpaired) electrons. The number of nitrogens with two attached hydrogens (primary N) is 1. The lowest BCUT2D eigenvalue weighted by molar-refractivity contribution is -0.182. The molecule has 0 aromatic carbocycles. The predicted octanol–water partition coefficient (Wildman–Crippen LogP) is 2.69. The molecule has 0 bridgehead atoms. The number of carbonyl (C=O) groups excluding carboxylic acids is 4. The molecule has 0 aliphatic carbocycles. The molecule has 42 heavy (non-hydrogen) atoms. The molecule has 0 heterocycles. The molecule has 0 aliphatic heterocycles. The van der Waals surface area contributed by atoms with Crippen molar-refractivity contribution >= 4 is 35.8 Å². The maximum atomic E-state index is 12.5. The highest BCUT2D eigenvalue weighted by molar-refractivity contribution is 5.95. The highest BCUT2D eigenvalue weighted by atomic mass is 16.7. The Morgan fingerprint density at radius 3 is 1.40 bits per heavy atom. The van der Waals surface area contributed by atoms with Crippen molar-refractivity contribution in [3.8, 4) is 0 Å². The molecule has 6 N–H and O–H groups in total. The van der Waals surface area contributed by atoms with E-state index in [-0.39, 0.29) is 6.61 Å². The van der Waals surface area contributed by atoms with E-state index >= 15 is 0 Å². The first-order chi connectivity index (χ1) is 19.8. The first-order valence-corrected chi connectivity index (χ1v) is 14.5. The van der Waals surface area contributed by atoms with E-state index in [9.17, 15) is 39.0 Å². The summed E-state index contributed by atoms with van der Waals surface area (Å²) in [5.74, 6) is -4.93. The molecule has 2 atom stereocenters. The van der Waals surface area contributed by atoms with Crippen LogP contribution in [0.5, 0.6) is 0 Å². The zero-order valence-corrected chi connectivity index (χ0v) is 24.5. The van der Waals surface area contributed by atoms with E-state index in [1.54, 1.807) is 0 Å². The van der Waals surface area contributed by atoms with Gasteiger partial charge >= 0.3 is 35.8 Å². The van der Waals surface area contributed by atoms with E-state index in [1.807, 2.05) is 0 Å². The quantitative estimate of drug-likeness (QED) is 0.0435. The number of ether oxygens (including phenoxy) is 2. The van der Waals surface area contributed by atoms with Gasteiger partial charge < -0.3 is 34.7 Å². The molecular weight excluding hydrogens is 558 g/mol. The molecule has 0 aromatic rings. The Kier molecular flexibility index (Phi) is 20.0. The maximum absolute atomic E-state index is 12.5. The van der Waals surface area contributed by atoms with Crippen LogP contribution in [0.15, 0.2) is 0 Å². The third kappa shape index (κ3) is 17.7. The number of carboxylic acid groups (broad SMARTS) is 2. The van der Waals surface area contributed by atoms with Crippen LogP contribution in [0.4, 0.5) is 0 Å². The van der Waals surface area contributed by atoms with Gasteiger partial charge in [-0.1, -0.05) is 90.4 Å². The van der Waals surface area contributed by atoms with Crippen LogP contribution in [0.25, 0.3) is 0 Å². The number of aliphatic hydroxyl groups is 2. The Hall–Kier alpha value is -3.10. The van der Waals surface area contributed by atoms with Gasteiger partial charge in [0.05, 0.1) is 32.3 Å². The minimum absolute atomic E-state index is 0.119. The molecule has 2 unspecified atom stereocenters. The fourth-order valence-corrected chi connectivity index (χ4v) is 4.22. The third-order valence-electron chi connectivity index (χ3n) is 6.62. The van der Waals surface area contributed by atoms with E-state index in [2.05, 4.69) is 16.5 Å². The van der Waals surface area contributed by atoms with E-state index in [4.69, 9.17) is 20.8 Å². The van der Waals surface area contributed by atoms with Gasteiger partial charge in [-0.25, -0.2) is 9.59 Å². The normalized spacial score (nSPS) is 13.8. The van der Waals surface area contributed by atoms with Crippen molar-refractivity contribution in [2.24, 2.45) is 5.90 Å². The Morgan fingerprint density at radius 1 is 0.595 bits per heavy atom. The Balaban J connectivity index is 4.55. The van der Waals surface area contributed by atoms with Crippen LogP contribution in [-0.4, -0.2) is 74.1 Å². The first-order valence-electron chi connectivity index (χ1n) is 14.5. The molecule has 0 aromatic heterocycles. The van der Waals surface area contributed by atoms with Crippen LogP contribution < -0.4 is 5.90 Å². The summed E-state index contributed by atoms with van der Waals surface area (Å²) < 4.78 is 9.33. The molecule has 14 nitrogen and oxygen atoms in total. The number of aliphatic carboxylic acids is 2. The van der Waals surface area contributed by atoms with Crippen molar-refractivity contribution in [2.45, 2.75) is 134 Å². The monoisotopic (exact) mass is 605 g/mol. The molecule has 0 amide bonds. The summed E-state index contributed by atoms with van der Waals surface area (Å²) >= 11 is 0. The second-order valence-electron chi connectivity index (χ2n) is 10.5. The molecule has 14 heteroatoms. The SMILES string of the molecule is CCCCCCCCCCCCCCCCOC(=O)C(O)(CC(=O)ON)CC(=O)OC(=O)CC(O)(CC(=O)O)C(=O)O. The van der Waals surface area contributed by atoms with Gasteiger partial charge in [0, 0.05) is 0 Å². The maximum Gasteiger partial charge on any atom is 0.339 e. The van der Waals surface area contributed by atoms with Gasteiger partial charge in [-0.15, -0.1) is 0 Å². The summed E-state index contributed by atoms with van der Waals surface area (Å²) in [6, 6.07) is 0. The lowest BCUT2D eigenvalue weighted by atomic mass is 9.95. The Bertz CT molecular complexity index is 878. The standard InChI is InChI=1S/C28H47NO13/c1-2-3-4-5-6-7-8-9-10-11-12-13-14-15-16-40-26(37)28(39,20-24(34)42-29)19-23(33)41-22(32)18-27(38,25(35)36)17-21(30)31/h38-39H,2-20,29H2,1H3,(H,30,31)(H,35,36). The first kappa shape index (κ1) is 38.9. The third-order valence-corrected chi connectivity index (χ3v) is 6.62. The minimum atomic E-state index is -3.07. The lowest BCUT2D eigenvalue weighted by Gasteiger charge is -2.24. The molecule has 0 saturated heterocycles. The van der Waals surface area contributed by atoms with Gasteiger partial charge in [0.15, 0.2) is 11.2 Å². The lowest BCUT2D eigenvalue weighted by Crippen LogP contribution is -2.46. The van der Waals surface area contributed by atoms with E-state index in [1.165, 1.54) is 57.8 Å². The summed E-state index contributed by atoms with van der Waals surface area (Å²) in [7, 11) is 0. The van der Waals surface area contributed by atoms with Crippen LogP contribution in [0.2, 0.25) is 0 Å². The van der Waals surface area contributed by atoms with Crippen LogP contribution >= 0.6 is 0 Å². The van der Waals surface area contributed by atoms with Crippen LogP contribution in [0.1, 0.15) is 122 Å². The minimum Gasteiger partial charge on any atom is -0.481 e. The molecule has 0 rings (SSSR count).